The Labute approximate surface area is 288 Å². The molecule has 8 nitrogen and oxygen atoms in total. The van der Waals surface area contributed by atoms with Crippen LogP contribution < -0.4 is 19.7 Å². The van der Waals surface area contributed by atoms with Crippen molar-refractivity contribution >= 4 is 30.8 Å². The highest BCUT2D eigenvalue weighted by molar-refractivity contribution is 7.78. The normalized spacial score (nSPS) is 26.4. The van der Waals surface area contributed by atoms with E-state index in [2.05, 4.69) is 93.2 Å². The lowest BCUT2D eigenvalue weighted by Crippen LogP contribution is -2.44. The molecule has 47 heavy (non-hydrogen) atoms. The number of nitrogens with one attached hydrogen (secondary N) is 2. The number of rotatable bonds is 4. The van der Waals surface area contributed by atoms with Gasteiger partial charge in [-0.1, -0.05) is 75.1 Å². The third-order valence-corrected chi connectivity index (χ3v) is 9.90. The monoisotopic (exact) mass is 666 g/mol. The summed E-state index contributed by atoms with van der Waals surface area (Å²) < 4.78 is 8.50. The van der Waals surface area contributed by atoms with Gasteiger partial charge in [0, 0.05) is 38.5 Å². The molecule has 0 radical (unpaired) electrons. The minimum Gasteiger partial charge on any atom is -0.491 e. The molecule has 1 saturated carbocycles. The average molecular weight is 667 g/mol. The lowest BCUT2D eigenvalue weighted by atomic mass is 9.70. The molecule has 2 aromatic rings. The SMILES string of the molecule is CCCc1cc(C)ccc1C1COc2ccc3cc2N(C1)CC1CCC1C(O)/C=C/CC(C)N(C)C(=O)CC3C.CNC.O=CNS. The average Bonchev–Trinajstić information content (AvgIpc) is 3.22. The minimum atomic E-state index is -0.446. The lowest BCUT2D eigenvalue weighted by Gasteiger charge is -2.43. The van der Waals surface area contributed by atoms with Gasteiger partial charge in [-0.05, 0) is 100 Å². The second-order valence-electron chi connectivity index (χ2n) is 13.5. The zero-order valence-corrected chi connectivity index (χ0v) is 30.4. The molecular formula is C38H58N4O4S. The van der Waals surface area contributed by atoms with Gasteiger partial charge in [0.2, 0.25) is 12.3 Å². The number of anilines is 1. The van der Waals surface area contributed by atoms with Crippen LogP contribution in [-0.4, -0.2) is 75.3 Å². The van der Waals surface area contributed by atoms with E-state index in [1.807, 2.05) is 36.8 Å². The van der Waals surface area contributed by atoms with Crippen molar-refractivity contribution in [3.05, 3.63) is 70.8 Å². The van der Waals surface area contributed by atoms with Gasteiger partial charge in [0.25, 0.3) is 0 Å². The van der Waals surface area contributed by atoms with Gasteiger partial charge >= 0.3 is 0 Å². The zero-order chi connectivity index (χ0) is 34.5. The first-order valence-corrected chi connectivity index (χ1v) is 17.7. The number of aliphatic hydroxyl groups is 1. The summed E-state index contributed by atoms with van der Waals surface area (Å²) in [5, 5.41) is 13.9. The van der Waals surface area contributed by atoms with Crippen molar-refractivity contribution in [1.29, 1.82) is 0 Å². The molecule has 2 heterocycles. The van der Waals surface area contributed by atoms with Crippen LogP contribution in [0.3, 0.4) is 0 Å². The largest absolute Gasteiger partial charge is 0.491 e. The van der Waals surface area contributed by atoms with Gasteiger partial charge in [-0.15, -0.1) is 0 Å². The van der Waals surface area contributed by atoms with Gasteiger partial charge in [-0.3, -0.25) is 9.59 Å². The van der Waals surface area contributed by atoms with Crippen LogP contribution in [0.15, 0.2) is 48.6 Å². The summed E-state index contributed by atoms with van der Waals surface area (Å²) in [5.74, 6) is 2.17. The maximum absolute atomic E-state index is 13.2. The first kappa shape index (κ1) is 38.4. The molecule has 1 aliphatic carbocycles. The minimum absolute atomic E-state index is 0.0977. The van der Waals surface area contributed by atoms with Crippen LogP contribution >= 0.6 is 12.8 Å². The van der Waals surface area contributed by atoms with E-state index in [4.69, 9.17) is 9.53 Å². The number of aliphatic hydroxyl groups excluding tert-OH is 1. The van der Waals surface area contributed by atoms with Gasteiger partial charge in [-0.25, -0.2) is 0 Å². The van der Waals surface area contributed by atoms with Gasteiger partial charge in [0.15, 0.2) is 0 Å². The Hall–Kier alpha value is -3.01. The van der Waals surface area contributed by atoms with Crippen molar-refractivity contribution in [3.8, 4) is 5.75 Å². The number of thiol groups is 1. The number of nitrogens with zero attached hydrogens (tertiary/aromatic N) is 2. The number of aryl methyl sites for hydroxylation is 2. The predicted octanol–water partition coefficient (Wildman–Crippen LogP) is 6.03. The molecule has 6 atom stereocenters. The van der Waals surface area contributed by atoms with Crippen LogP contribution in [0.2, 0.25) is 0 Å². The molecule has 3 N–H and O–H groups in total. The van der Waals surface area contributed by atoms with Crippen LogP contribution in [0.5, 0.6) is 5.75 Å². The molecule has 2 amide bonds. The third kappa shape index (κ3) is 10.5. The Kier molecular flexibility index (Phi) is 15.6. The number of hydrogen-bond donors (Lipinski definition) is 4. The van der Waals surface area contributed by atoms with Gasteiger partial charge in [0.05, 0.1) is 18.4 Å². The molecule has 0 spiro atoms. The summed E-state index contributed by atoms with van der Waals surface area (Å²) in [6.45, 7) is 11.1. The van der Waals surface area contributed by atoms with E-state index in [9.17, 15) is 9.90 Å². The van der Waals surface area contributed by atoms with E-state index in [1.54, 1.807) is 0 Å². The van der Waals surface area contributed by atoms with Gasteiger partial charge in [-0.2, -0.15) is 0 Å². The Bertz CT molecular complexity index is 1320. The highest BCUT2D eigenvalue weighted by Crippen LogP contribution is 2.43. The summed E-state index contributed by atoms with van der Waals surface area (Å²) in [7, 11) is 5.65. The van der Waals surface area contributed by atoms with Crippen molar-refractivity contribution in [3.63, 3.8) is 0 Å². The maximum Gasteiger partial charge on any atom is 0.223 e. The number of ether oxygens (including phenoxy) is 1. The van der Waals surface area contributed by atoms with Crippen molar-refractivity contribution in [1.82, 2.24) is 14.9 Å². The maximum atomic E-state index is 13.2. The van der Waals surface area contributed by atoms with Crippen LogP contribution in [0.4, 0.5) is 5.69 Å². The second-order valence-corrected chi connectivity index (χ2v) is 13.7. The molecule has 5 rings (SSSR count). The summed E-state index contributed by atoms with van der Waals surface area (Å²) in [6, 6.07) is 13.5. The molecule has 0 saturated heterocycles. The first-order chi connectivity index (χ1) is 22.6. The van der Waals surface area contributed by atoms with Crippen molar-refractivity contribution in [2.45, 2.75) is 90.2 Å². The fourth-order valence-electron chi connectivity index (χ4n) is 6.84. The second kappa shape index (κ2) is 19.1. The van der Waals surface area contributed by atoms with Crippen LogP contribution in [-0.2, 0) is 16.0 Å². The van der Waals surface area contributed by atoms with Crippen molar-refractivity contribution in [2.24, 2.45) is 11.8 Å². The number of carbonyl (C=O) groups is 2. The fourth-order valence-corrected chi connectivity index (χ4v) is 6.84. The number of carbonyl (C=O) groups excluding carboxylic acids is 2. The molecule has 260 valence electrons. The molecule has 2 bridgehead atoms. The summed E-state index contributed by atoms with van der Waals surface area (Å²) in [4.78, 5) is 26.6. The number of benzene rings is 2. The fraction of sp³-hybridized carbons (Fsp3) is 0.579. The lowest BCUT2D eigenvalue weighted by molar-refractivity contribution is -0.132. The standard InChI is InChI=1S/C35H48N2O3.C2H7N.CH3NOS/c1-6-8-27-17-23(2)11-14-30(27)29-21-37-20-28-12-15-31(28)33(38)10-7-9-25(4)36(5)35(39)18-24(3)26-13-16-34(40-22-29)32(37)19-26;1-3-2;3-1-2-4/h7,10-11,13-14,16-17,19,24-25,28-29,31,33,38H,6,8-9,12,15,18,20-22H2,1-5H3;3H,1-2H3;1,4H,(H,2,3)/b10-7+;;. The molecular weight excluding hydrogens is 609 g/mol. The molecule has 6 unspecified atom stereocenters. The van der Waals surface area contributed by atoms with Crippen LogP contribution in [0.1, 0.15) is 87.0 Å². The number of amides is 2. The Balaban J connectivity index is 0.000000784. The first-order valence-electron chi connectivity index (χ1n) is 17.2. The van der Waals surface area contributed by atoms with E-state index in [1.165, 1.54) is 22.3 Å². The summed E-state index contributed by atoms with van der Waals surface area (Å²) in [5.41, 5.74) is 6.46. The van der Waals surface area contributed by atoms with E-state index >= 15 is 0 Å². The highest BCUT2D eigenvalue weighted by atomic mass is 32.1. The van der Waals surface area contributed by atoms with Crippen molar-refractivity contribution < 1.29 is 19.4 Å². The van der Waals surface area contributed by atoms with Crippen LogP contribution in [0.25, 0.3) is 0 Å². The highest BCUT2D eigenvalue weighted by Gasteiger charge is 2.38. The zero-order valence-electron chi connectivity index (χ0n) is 29.5. The Morgan fingerprint density at radius 1 is 1.11 bits per heavy atom. The number of hydrogen-bond acceptors (Lipinski definition) is 7. The van der Waals surface area contributed by atoms with E-state index < -0.39 is 6.10 Å². The van der Waals surface area contributed by atoms with Crippen molar-refractivity contribution in [2.75, 3.05) is 45.7 Å². The third-order valence-electron chi connectivity index (χ3n) is 9.80. The Morgan fingerprint density at radius 2 is 1.83 bits per heavy atom. The predicted molar refractivity (Wildman–Crippen MR) is 196 cm³/mol. The quantitative estimate of drug-likeness (QED) is 0.181. The molecule has 0 aromatic heterocycles. The number of fused-ring (bicyclic) bond motifs is 2. The molecule has 9 heteroatoms. The molecule has 1 fully saturated rings. The molecule has 2 aromatic carbocycles. The summed E-state index contributed by atoms with van der Waals surface area (Å²) >= 11 is 3.30. The summed E-state index contributed by atoms with van der Waals surface area (Å²) in [6.07, 6.45) is 9.72. The molecule has 2 aliphatic heterocycles. The van der Waals surface area contributed by atoms with Gasteiger partial charge < -0.3 is 29.7 Å². The van der Waals surface area contributed by atoms with E-state index in [-0.39, 0.29) is 29.7 Å². The van der Waals surface area contributed by atoms with Crippen LogP contribution in [0, 0.1) is 18.8 Å². The van der Waals surface area contributed by atoms with E-state index in [0.29, 0.717) is 25.4 Å². The smallest absolute Gasteiger partial charge is 0.223 e. The Morgan fingerprint density at radius 3 is 2.47 bits per heavy atom. The van der Waals surface area contributed by atoms with Gasteiger partial charge in [0.1, 0.15) is 5.75 Å². The topological polar surface area (TPSA) is 94.1 Å². The molecule has 3 aliphatic rings. The van der Waals surface area contributed by atoms with E-state index in [0.717, 1.165) is 56.6 Å².